The number of rotatable bonds is 2. The summed E-state index contributed by atoms with van der Waals surface area (Å²) >= 11 is 0. The fourth-order valence-corrected chi connectivity index (χ4v) is 2.92. The molecule has 1 aromatic carbocycles. The van der Waals surface area contributed by atoms with E-state index in [-0.39, 0.29) is 5.82 Å². The lowest BCUT2D eigenvalue weighted by Gasteiger charge is -2.40. The summed E-state index contributed by atoms with van der Waals surface area (Å²) in [5.74, 6) is -0.106. The molecular weight excluding hydrogens is 227 g/mol. The Morgan fingerprint density at radius 2 is 1.94 bits per heavy atom. The average Bonchev–Trinajstić information content (AvgIpc) is 2.66. The van der Waals surface area contributed by atoms with Crippen LogP contribution in [0.15, 0.2) is 24.4 Å². The second-order valence-electron chi connectivity index (χ2n) is 5.58. The van der Waals surface area contributed by atoms with Crippen LogP contribution in [0.5, 0.6) is 0 Å². The first kappa shape index (κ1) is 11.7. The first-order valence-electron chi connectivity index (χ1n) is 6.50. The van der Waals surface area contributed by atoms with Gasteiger partial charge in [-0.3, -0.25) is 0 Å². The Kier molecular flexibility index (Phi) is 2.67. The van der Waals surface area contributed by atoms with E-state index >= 15 is 0 Å². The summed E-state index contributed by atoms with van der Waals surface area (Å²) in [7, 11) is 4.25. The van der Waals surface area contributed by atoms with Crippen molar-refractivity contribution in [3.05, 3.63) is 35.8 Å². The molecule has 1 fully saturated rings. The molecule has 0 spiro atoms. The molecule has 0 N–H and O–H groups in total. The Morgan fingerprint density at radius 3 is 2.61 bits per heavy atom. The van der Waals surface area contributed by atoms with Crippen LogP contribution in [0.1, 0.15) is 24.4 Å². The van der Waals surface area contributed by atoms with Gasteiger partial charge in [0.15, 0.2) is 0 Å². The predicted molar refractivity (Wildman–Crippen MR) is 72.4 cm³/mol. The maximum absolute atomic E-state index is 13.7. The highest BCUT2D eigenvalue weighted by atomic mass is 19.1. The minimum Gasteiger partial charge on any atom is -0.344 e. The summed E-state index contributed by atoms with van der Waals surface area (Å²) in [6.07, 6.45) is 4.42. The molecule has 1 aliphatic rings. The number of aromatic nitrogens is 1. The van der Waals surface area contributed by atoms with Gasteiger partial charge >= 0.3 is 0 Å². The highest BCUT2D eigenvalue weighted by Crippen LogP contribution is 2.38. The molecule has 0 unspecified atom stereocenters. The summed E-state index contributed by atoms with van der Waals surface area (Å²) in [5, 5.41) is 1.14. The van der Waals surface area contributed by atoms with Crippen molar-refractivity contribution in [3.63, 3.8) is 0 Å². The van der Waals surface area contributed by atoms with E-state index < -0.39 is 0 Å². The highest BCUT2D eigenvalue weighted by Gasteiger charge is 2.32. The largest absolute Gasteiger partial charge is 0.344 e. The zero-order chi connectivity index (χ0) is 12.9. The molecule has 1 aromatic heterocycles. The van der Waals surface area contributed by atoms with Crippen LogP contribution in [-0.2, 0) is 0 Å². The second-order valence-corrected chi connectivity index (χ2v) is 5.58. The van der Waals surface area contributed by atoms with Gasteiger partial charge in [0, 0.05) is 29.2 Å². The molecule has 1 saturated carbocycles. The van der Waals surface area contributed by atoms with Gasteiger partial charge in [0.25, 0.3) is 0 Å². The van der Waals surface area contributed by atoms with E-state index in [1.807, 2.05) is 13.0 Å². The summed E-state index contributed by atoms with van der Waals surface area (Å²) in [6, 6.07) is 6.71. The number of halogens is 1. The quantitative estimate of drug-likeness (QED) is 0.789. The molecular formula is C15H19FN2. The summed E-state index contributed by atoms with van der Waals surface area (Å²) < 4.78 is 15.9. The molecule has 0 aliphatic heterocycles. The van der Waals surface area contributed by atoms with Gasteiger partial charge in [0.2, 0.25) is 0 Å². The van der Waals surface area contributed by atoms with Crippen LogP contribution < -0.4 is 0 Å². The lowest BCUT2D eigenvalue weighted by Crippen LogP contribution is -2.41. The first-order chi connectivity index (χ1) is 8.58. The van der Waals surface area contributed by atoms with E-state index in [4.69, 9.17) is 0 Å². The number of nitrogens with zero attached hydrogens (tertiary/aromatic N) is 2. The fraction of sp³-hybridized carbons (Fsp3) is 0.467. The lowest BCUT2D eigenvalue weighted by molar-refractivity contribution is 0.131. The van der Waals surface area contributed by atoms with E-state index in [0.717, 1.165) is 29.3 Å². The maximum atomic E-state index is 13.7. The van der Waals surface area contributed by atoms with Crippen molar-refractivity contribution in [1.29, 1.82) is 0 Å². The van der Waals surface area contributed by atoms with E-state index in [9.17, 15) is 4.39 Å². The Hall–Kier alpha value is -1.35. The minimum atomic E-state index is -0.106. The van der Waals surface area contributed by atoms with Crippen molar-refractivity contribution < 1.29 is 4.39 Å². The molecule has 0 radical (unpaired) electrons. The van der Waals surface area contributed by atoms with Gasteiger partial charge in [-0.25, -0.2) is 4.39 Å². The van der Waals surface area contributed by atoms with E-state index in [1.54, 1.807) is 6.07 Å². The first-order valence-corrected chi connectivity index (χ1v) is 6.50. The van der Waals surface area contributed by atoms with E-state index in [2.05, 4.69) is 35.8 Å². The Morgan fingerprint density at radius 1 is 1.22 bits per heavy atom. The predicted octanol–water partition coefficient (Wildman–Crippen LogP) is 3.35. The number of benzene rings is 1. The molecule has 2 aromatic rings. The third-order valence-corrected chi connectivity index (χ3v) is 4.28. The molecule has 96 valence electrons. The molecule has 0 saturated heterocycles. The molecule has 2 nitrogen and oxygen atoms in total. The molecule has 0 atom stereocenters. The van der Waals surface area contributed by atoms with Crippen LogP contribution >= 0.6 is 0 Å². The molecule has 1 aliphatic carbocycles. The molecule has 3 rings (SSSR count). The van der Waals surface area contributed by atoms with Crippen LogP contribution in [0.3, 0.4) is 0 Å². The highest BCUT2D eigenvalue weighted by molar-refractivity contribution is 5.83. The maximum Gasteiger partial charge on any atom is 0.128 e. The van der Waals surface area contributed by atoms with Crippen molar-refractivity contribution >= 4 is 10.9 Å². The van der Waals surface area contributed by atoms with Gasteiger partial charge in [0.1, 0.15) is 5.82 Å². The third-order valence-electron chi connectivity index (χ3n) is 4.28. The normalized spacial score (nSPS) is 23.6. The zero-order valence-electron chi connectivity index (χ0n) is 11.2. The van der Waals surface area contributed by atoms with Crippen molar-refractivity contribution in [2.45, 2.75) is 31.8 Å². The van der Waals surface area contributed by atoms with Crippen molar-refractivity contribution in [2.24, 2.45) is 0 Å². The van der Waals surface area contributed by atoms with Crippen LogP contribution in [-0.4, -0.2) is 29.6 Å². The molecule has 0 amide bonds. The van der Waals surface area contributed by atoms with Crippen molar-refractivity contribution in [1.82, 2.24) is 9.47 Å². The van der Waals surface area contributed by atoms with Gasteiger partial charge in [-0.05, 0) is 52.1 Å². The van der Waals surface area contributed by atoms with Gasteiger partial charge in [-0.2, -0.15) is 0 Å². The Balaban J connectivity index is 1.97. The third kappa shape index (κ3) is 1.65. The molecule has 18 heavy (non-hydrogen) atoms. The standard InChI is InChI=1S/C15H19FN2/c1-10-14(16)5-4-11-6-7-18(15(10)11)13-8-12(9-13)17(2)3/h4-7,12-13H,8-9H2,1-3H3. The number of fused-ring (bicyclic) bond motifs is 1. The Labute approximate surface area is 107 Å². The van der Waals surface area contributed by atoms with Crippen molar-refractivity contribution in [3.8, 4) is 0 Å². The summed E-state index contributed by atoms with van der Waals surface area (Å²) in [4.78, 5) is 2.27. The second kappa shape index (κ2) is 4.09. The van der Waals surface area contributed by atoms with Gasteiger partial charge in [-0.1, -0.05) is 0 Å². The van der Waals surface area contributed by atoms with Gasteiger partial charge in [0.05, 0.1) is 5.52 Å². The molecule has 1 heterocycles. The van der Waals surface area contributed by atoms with Crippen LogP contribution in [0.2, 0.25) is 0 Å². The van der Waals surface area contributed by atoms with Gasteiger partial charge < -0.3 is 9.47 Å². The van der Waals surface area contributed by atoms with Gasteiger partial charge in [-0.15, -0.1) is 0 Å². The SMILES string of the molecule is Cc1c(F)ccc2ccn(C3CC(N(C)C)C3)c12. The van der Waals surface area contributed by atoms with Crippen LogP contribution in [0, 0.1) is 12.7 Å². The zero-order valence-corrected chi connectivity index (χ0v) is 11.2. The van der Waals surface area contributed by atoms with E-state index in [0.29, 0.717) is 12.1 Å². The lowest BCUT2D eigenvalue weighted by atomic mass is 9.85. The minimum absolute atomic E-state index is 0.106. The topological polar surface area (TPSA) is 8.17 Å². The summed E-state index contributed by atoms with van der Waals surface area (Å²) in [5.41, 5.74) is 1.84. The molecule has 0 bridgehead atoms. The monoisotopic (exact) mass is 246 g/mol. The number of hydrogen-bond acceptors (Lipinski definition) is 1. The smallest absolute Gasteiger partial charge is 0.128 e. The fourth-order valence-electron chi connectivity index (χ4n) is 2.92. The number of aryl methyl sites for hydroxylation is 1. The van der Waals surface area contributed by atoms with Crippen LogP contribution in [0.25, 0.3) is 10.9 Å². The van der Waals surface area contributed by atoms with Crippen molar-refractivity contribution in [2.75, 3.05) is 14.1 Å². The average molecular weight is 246 g/mol. The Bertz CT molecular complexity index is 579. The number of hydrogen-bond donors (Lipinski definition) is 0. The van der Waals surface area contributed by atoms with Crippen LogP contribution in [0.4, 0.5) is 4.39 Å². The summed E-state index contributed by atoms with van der Waals surface area (Å²) in [6.45, 7) is 1.87. The molecule has 3 heteroatoms. The van der Waals surface area contributed by atoms with E-state index in [1.165, 1.54) is 0 Å².